The van der Waals surface area contributed by atoms with Crippen LogP contribution in [-0.2, 0) is 20.7 Å². The van der Waals surface area contributed by atoms with Crippen molar-refractivity contribution in [3.63, 3.8) is 0 Å². The summed E-state index contributed by atoms with van der Waals surface area (Å²) in [4.78, 5) is 24.3. The fraction of sp³-hybridized carbons (Fsp3) is 0.467. The van der Waals surface area contributed by atoms with E-state index in [2.05, 4.69) is 36.8 Å². The van der Waals surface area contributed by atoms with Crippen molar-refractivity contribution < 1.29 is 14.3 Å². The largest absolute Gasteiger partial charge is 0.469 e. The predicted octanol–water partition coefficient (Wildman–Crippen LogP) is 1.87. The quantitative estimate of drug-likeness (QED) is 0.602. The zero-order valence-corrected chi connectivity index (χ0v) is 12.0. The van der Waals surface area contributed by atoms with E-state index in [-0.39, 0.29) is 12.3 Å². The Balaban J connectivity index is 2.49. The third kappa shape index (κ3) is 4.73. The number of carbonyl (C=O) groups is 2. The molecule has 0 fully saturated rings. The van der Waals surface area contributed by atoms with Crippen LogP contribution in [0.15, 0.2) is 18.2 Å². The van der Waals surface area contributed by atoms with E-state index in [0.29, 0.717) is 6.54 Å². The van der Waals surface area contributed by atoms with Crippen LogP contribution in [-0.4, -0.2) is 37.5 Å². The van der Waals surface area contributed by atoms with Crippen molar-refractivity contribution in [1.29, 1.82) is 0 Å². The minimum atomic E-state index is -0.497. The highest BCUT2D eigenvalue weighted by atomic mass is 16.5. The van der Waals surface area contributed by atoms with Gasteiger partial charge in [-0.2, -0.15) is 0 Å². The highest BCUT2D eigenvalue weighted by Crippen LogP contribution is 2.10. The number of benzene rings is 1. The topological polar surface area (TPSA) is 46.6 Å². The molecule has 0 heterocycles. The van der Waals surface area contributed by atoms with Crippen LogP contribution in [0, 0.1) is 13.8 Å². The summed E-state index contributed by atoms with van der Waals surface area (Å²) in [6.45, 7) is 4.74. The van der Waals surface area contributed by atoms with Gasteiger partial charge in [-0.05, 0) is 37.0 Å². The first-order valence-corrected chi connectivity index (χ1v) is 6.31. The number of nitrogens with zero attached hydrogens (tertiary/aromatic N) is 1. The van der Waals surface area contributed by atoms with Crippen molar-refractivity contribution in [3.8, 4) is 0 Å². The molecule has 0 saturated carbocycles. The zero-order chi connectivity index (χ0) is 14.4. The molecule has 1 aromatic rings. The summed E-state index contributed by atoms with van der Waals surface area (Å²) in [6.07, 6.45) is 0.588. The normalized spacial score (nSPS) is 10.1. The molecule has 1 amide bonds. The van der Waals surface area contributed by atoms with Crippen LogP contribution >= 0.6 is 0 Å². The molecule has 19 heavy (non-hydrogen) atoms. The van der Waals surface area contributed by atoms with Crippen molar-refractivity contribution in [2.24, 2.45) is 0 Å². The molecule has 4 nitrogen and oxygen atoms in total. The van der Waals surface area contributed by atoms with Gasteiger partial charge in [-0.15, -0.1) is 0 Å². The molecule has 0 aliphatic heterocycles. The first-order valence-electron chi connectivity index (χ1n) is 6.31. The lowest BCUT2D eigenvalue weighted by Gasteiger charge is -2.16. The summed E-state index contributed by atoms with van der Waals surface area (Å²) in [5, 5.41) is 0. The Morgan fingerprint density at radius 1 is 1.21 bits per heavy atom. The molecule has 0 atom stereocenters. The zero-order valence-electron chi connectivity index (χ0n) is 12.0. The summed E-state index contributed by atoms with van der Waals surface area (Å²) in [5.41, 5.74) is 3.71. The molecule has 0 spiro atoms. The van der Waals surface area contributed by atoms with Crippen LogP contribution in [0.5, 0.6) is 0 Å². The molecule has 1 rings (SSSR count). The van der Waals surface area contributed by atoms with Crippen LogP contribution in [0.4, 0.5) is 0 Å². The van der Waals surface area contributed by atoms with Crippen molar-refractivity contribution in [2.75, 3.05) is 20.7 Å². The number of methoxy groups -OCH3 is 1. The number of hydrogen-bond donors (Lipinski definition) is 0. The molecule has 0 aliphatic carbocycles. The summed E-state index contributed by atoms with van der Waals surface area (Å²) in [6, 6.07) is 6.29. The van der Waals surface area contributed by atoms with Gasteiger partial charge in [0.1, 0.15) is 6.42 Å². The highest BCUT2D eigenvalue weighted by molar-refractivity contribution is 5.94. The molecular formula is C15H21NO3. The molecule has 0 unspecified atom stereocenters. The lowest BCUT2D eigenvalue weighted by molar-refractivity contribution is -0.146. The standard InChI is InChI=1S/C15H21NO3/c1-11-5-6-13(9-12(11)2)7-8-16(3)14(17)10-15(18)19-4/h5-6,9H,7-8,10H2,1-4H3. The number of rotatable bonds is 5. The first-order chi connectivity index (χ1) is 8.93. The third-order valence-corrected chi connectivity index (χ3v) is 3.26. The van der Waals surface area contributed by atoms with Crippen LogP contribution in [0.2, 0.25) is 0 Å². The Bertz CT molecular complexity index is 468. The van der Waals surface area contributed by atoms with E-state index in [1.165, 1.54) is 23.8 Å². The van der Waals surface area contributed by atoms with Crippen molar-refractivity contribution >= 4 is 11.9 Å². The monoisotopic (exact) mass is 263 g/mol. The van der Waals surface area contributed by atoms with Crippen molar-refractivity contribution in [2.45, 2.75) is 26.7 Å². The van der Waals surface area contributed by atoms with Gasteiger partial charge in [-0.25, -0.2) is 0 Å². The van der Waals surface area contributed by atoms with E-state index in [1.54, 1.807) is 11.9 Å². The summed E-state index contributed by atoms with van der Waals surface area (Å²) in [7, 11) is 2.98. The van der Waals surface area contributed by atoms with E-state index < -0.39 is 5.97 Å². The maximum atomic E-state index is 11.7. The predicted molar refractivity (Wildman–Crippen MR) is 73.9 cm³/mol. The second kappa shape index (κ2) is 6.92. The van der Waals surface area contributed by atoms with Gasteiger partial charge in [-0.1, -0.05) is 18.2 Å². The second-order valence-corrected chi connectivity index (χ2v) is 4.74. The fourth-order valence-electron chi connectivity index (χ4n) is 1.71. The number of hydrogen-bond acceptors (Lipinski definition) is 3. The van der Waals surface area contributed by atoms with Gasteiger partial charge in [0.15, 0.2) is 0 Å². The minimum Gasteiger partial charge on any atom is -0.469 e. The third-order valence-electron chi connectivity index (χ3n) is 3.26. The Labute approximate surface area is 114 Å². The van der Waals surface area contributed by atoms with Gasteiger partial charge >= 0.3 is 5.97 Å². The van der Waals surface area contributed by atoms with Crippen LogP contribution in [0.25, 0.3) is 0 Å². The maximum Gasteiger partial charge on any atom is 0.315 e. The Hall–Kier alpha value is -1.84. The molecule has 0 bridgehead atoms. The molecule has 0 aliphatic rings. The number of esters is 1. The number of carbonyl (C=O) groups excluding carboxylic acids is 2. The van der Waals surface area contributed by atoms with E-state index in [9.17, 15) is 9.59 Å². The molecule has 0 radical (unpaired) electrons. The van der Waals surface area contributed by atoms with E-state index in [1.807, 2.05) is 0 Å². The van der Waals surface area contributed by atoms with Crippen molar-refractivity contribution in [1.82, 2.24) is 4.90 Å². The fourth-order valence-corrected chi connectivity index (χ4v) is 1.71. The average molecular weight is 263 g/mol. The van der Waals surface area contributed by atoms with E-state index in [0.717, 1.165) is 6.42 Å². The average Bonchev–Trinajstić information content (AvgIpc) is 2.39. The molecular weight excluding hydrogens is 242 g/mol. The van der Waals surface area contributed by atoms with Crippen LogP contribution < -0.4 is 0 Å². The smallest absolute Gasteiger partial charge is 0.315 e. The Morgan fingerprint density at radius 3 is 2.47 bits per heavy atom. The highest BCUT2D eigenvalue weighted by Gasteiger charge is 2.13. The lowest BCUT2D eigenvalue weighted by Crippen LogP contribution is -2.30. The van der Waals surface area contributed by atoms with Crippen molar-refractivity contribution in [3.05, 3.63) is 34.9 Å². The SMILES string of the molecule is COC(=O)CC(=O)N(C)CCc1ccc(C)c(C)c1. The first kappa shape index (κ1) is 15.2. The summed E-state index contributed by atoms with van der Waals surface area (Å²) >= 11 is 0. The lowest BCUT2D eigenvalue weighted by atomic mass is 10.0. The van der Waals surface area contributed by atoms with Gasteiger partial charge in [0.05, 0.1) is 7.11 Å². The van der Waals surface area contributed by atoms with Gasteiger partial charge in [-0.3, -0.25) is 9.59 Å². The van der Waals surface area contributed by atoms with Crippen LogP contribution in [0.3, 0.4) is 0 Å². The maximum absolute atomic E-state index is 11.7. The molecule has 0 aromatic heterocycles. The second-order valence-electron chi connectivity index (χ2n) is 4.74. The van der Waals surface area contributed by atoms with Crippen LogP contribution in [0.1, 0.15) is 23.1 Å². The number of aryl methyl sites for hydroxylation is 2. The number of likely N-dealkylation sites (N-methyl/N-ethyl adjacent to an activating group) is 1. The van der Waals surface area contributed by atoms with E-state index >= 15 is 0 Å². The number of ether oxygens (including phenoxy) is 1. The molecule has 104 valence electrons. The molecule has 0 saturated heterocycles. The number of amides is 1. The Kier molecular flexibility index (Phi) is 5.55. The van der Waals surface area contributed by atoms with Gasteiger partial charge in [0, 0.05) is 13.6 Å². The van der Waals surface area contributed by atoms with Gasteiger partial charge in [0.25, 0.3) is 0 Å². The van der Waals surface area contributed by atoms with Gasteiger partial charge < -0.3 is 9.64 Å². The Morgan fingerprint density at radius 2 is 1.89 bits per heavy atom. The van der Waals surface area contributed by atoms with Gasteiger partial charge in [0.2, 0.25) is 5.91 Å². The summed E-state index contributed by atoms with van der Waals surface area (Å²) in [5.74, 6) is -0.710. The molecule has 0 N–H and O–H groups in total. The van der Waals surface area contributed by atoms with E-state index in [4.69, 9.17) is 0 Å². The molecule has 4 heteroatoms. The minimum absolute atomic E-state index is 0.195. The molecule has 1 aromatic carbocycles. The summed E-state index contributed by atoms with van der Waals surface area (Å²) < 4.78 is 4.48.